The second kappa shape index (κ2) is 5.62. The molecule has 0 aliphatic carbocycles. The molecule has 0 saturated carbocycles. The summed E-state index contributed by atoms with van der Waals surface area (Å²) in [4.78, 5) is 23.2. The van der Waals surface area contributed by atoms with Gasteiger partial charge in [-0.1, -0.05) is 0 Å². The van der Waals surface area contributed by atoms with Crippen LogP contribution < -0.4 is 4.90 Å². The summed E-state index contributed by atoms with van der Waals surface area (Å²) >= 11 is 1.47. The molecule has 5 nitrogen and oxygen atoms in total. The number of anilines is 1. The number of ketones is 1. The third kappa shape index (κ3) is 2.39. The summed E-state index contributed by atoms with van der Waals surface area (Å²) in [5, 5.41) is 11.0. The lowest BCUT2D eigenvalue weighted by atomic mass is 9.87. The van der Waals surface area contributed by atoms with Gasteiger partial charge in [0, 0.05) is 24.2 Å². The Kier molecular flexibility index (Phi) is 3.48. The van der Waals surface area contributed by atoms with Crippen molar-refractivity contribution in [2.75, 3.05) is 11.4 Å². The number of nitrogens with zero attached hydrogens (tertiary/aromatic N) is 3. The summed E-state index contributed by atoms with van der Waals surface area (Å²) in [5.41, 5.74) is 0.367. The predicted molar refractivity (Wildman–Crippen MR) is 99.4 cm³/mol. The van der Waals surface area contributed by atoms with Crippen molar-refractivity contribution in [1.29, 1.82) is 0 Å². The highest BCUT2D eigenvalue weighted by Gasteiger charge is 2.52. The van der Waals surface area contributed by atoms with Gasteiger partial charge >= 0.3 is 6.18 Å². The molecule has 28 heavy (non-hydrogen) atoms. The van der Waals surface area contributed by atoms with E-state index in [0.717, 1.165) is 28.0 Å². The first-order chi connectivity index (χ1) is 13.3. The molecular weight excluding hydrogens is 391 g/mol. The zero-order valence-electron chi connectivity index (χ0n) is 14.2. The van der Waals surface area contributed by atoms with Crippen LogP contribution in [0.2, 0.25) is 0 Å². The number of rotatable bonds is 1. The highest BCUT2D eigenvalue weighted by molar-refractivity contribution is 7.16. The average molecular weight is 403 g/mol. The van der Waals surface area contributed by atoms with Crippen LogP contribution >= 0.6 is 11.3 Å². The summed E-state index contributed by atoms with van der Waals surface area (Å²) in [6.07, 6.45) is -4.52. The fourth-order valence-corrected chi connectivity index (χ4v) is 4.38. The predicted octanol–water partition coefficient (Wildman–Crippen LogP) is 4.18. The number of Topliss-reactive ketones (excluding diaryl/α,β-unsaturated/α-hetero) is 1. The number of thiazole rings is 1. The SMILES string of the molecule is O=C1c2cc(C(F)(F)F)ccc2N=C2N(c3ccc4ncsc4c3)CCC12O. The van der Waals surface area contributed by atoms with Crippen molar-refractivity contribution in [3.8, 4) is 0 Å². The fourth-order valence-electron chi connectivity index (χ4n) is 3.67. The van der Waals surface area contributed by atoms with Gasteiger partial charge in [-0.15, -0.1) is 11.3 Å². The number of aromatic nitrogens is 1. The maximum atomic E-state index is 13.0. The minimum absolute atomic E-state index is 0.0566. The highest BCUT2D eigenvalue weighted by Crippen LogP contribution is 2.42. The van der Waals surface area contributed by atoms with E-state index in [0.29, 0.717) is 6.54 Å². The number of benzene rings is 2. The second-order valence-corrected chi connectivity index (χ2v) is 7.65. The summed E-state index contributed by atoms with van der Waals surface area (Å²) in [5.74, 6) is -0.603. The van der Waals surface area contributed by atoms with Crippen molar-refractivity contribution < 1.29 is 23.1 Å². The van der Waals surface area contributed by atoms with E-state index in [9.17, 15) is 23.1 Å². The number of amidine groups is 1. The highest BCUT2D eigenvalue weighted by atomic mass is 32.1. The zero-order valence-corrected chi connectivity index (χ0v) is 15.0. The fraction of sp³-hybridized carbons (Fsp3) is 0.211. The van der Waals surface area contributed by atoms with Gasteiger partial charge in [-0.05, 0) is 36.4 Å². The number of alkyl halides is 3. The van der Waals surface area contributed by atoms with Gasteiger partial charge in [0.15, 0.2) is 5.60 Å². The quantitative estimate of drug-likeness (QED) is 0.662. The van der Waals surface area contributed by atoms with Crippen LogP contribution in [0.5, 0.6) is 0 Å². The lowest BCUT2D eigenvalue weighted by Gasteiger charge is -2.30. The van der Waals surface area contributed by atoms with Crippen LogP contribution in [0.25, 0.3) is 10.2 Å². The molecule has 0 amide bonds. The van der Waals surface area contributed by atoms with Crippen molar-refractivity contribution in [3.63, 3.8) is 0 Å². The van der Waals surface area contributed by atoms with E-state index in [1.54, 1.807) is 10.4 Å². The van der Waals surface area contributed by atoms with Gasteiger partial charge in [0.25, 0.3) is 0 Å². The Hall–Kier alpha value is -2.78. The molecule has 1 N–H and O–H groups in total. The van der Waals surface area contributed by atoms with Crippen molar-refractivity contribution in [1.82, 2.24) is 4.98 Å². The minimum atomic E-state index is -4.58. The number of halogens is 3. The van der Waals surface area contributed by atoms with Crippen molar-refractivity contribution >= 4 is 44.5 Å². The summed E-state index contributed by atoms with van der Waals surface area (Å²) in [6.45, 7) is 0.325. The topological polar surface area (TPSA) is 65.8 Å². The first-order valence-corrected chi connectivity index (χ1v) is 9.34. The van der Waals surface area contributed by atoms with Crippen molar-refractivity contribution in [2.24, 2.45) is 4.99 Å². The molecule has 2 aliphatic rings. The van der Waals surface area contributed by atoms with Crippen LogP contribution in [0.15, 0.2) is 46.9 Å². The smallest absolute Gasteiger partial charge is 0.374 e. The van der Waals surface area contributed by atoms with Gasteiger partial charge in [0.1, 0.15) is 5.84 Å². The lowest BCUT2D eigenvalue weighted by Crippen LogP contribution is -2.48. The molecule has 1 saturated heterocycles. The lowest BCUT2D eigenvalue weighted by molar-refractivity contribution is -0.137. The van der Waals surface area contributed by atoms with Crippen LogP contribution in [0, 0.1) is 0 Å². The normalized spacial score (nSPS) is 21.6. The zero-order chi connectivity index (χ0) is 19.7. The third-order valence-electron chi connectivity index (χ3n) is 5.12. The number of carbonyl (C=O) groups excluding carboxylic acids is 1. The van der Waals surface area contributed by atoms with Gasteiger partial charge in [0.2, 0.25) is 5.78 Å². The van der Waals surface area contributed by atoms with Gasteiger partial charge in [-0.25, -0.2) is 9.98 Å². The van der Waals surface area contributed by atoms with Crippen LogP contribution in [-0.4, -0.2) is 33.9 Å². The molecule has 0 bridgehead atoms. The Labute approximate surface area is 160 Å². The second-order valence-electron chi connectivity index (χ2n) is 6.76. The van der Waals surface area contributed by atoms with E-state index < -0.39 is 23.1 Å². The van der Waals surface area contributed by atoms with Crippen molar-refractivity contribution in [2.45, 2.75) is 18.2 Å². The molecule has 0 spiro atoms. The first kappa shape index (κ1) is 17.3. The molecule has 2 aromatic carbocycles. The molecule has 1 aromatic heterocycles. The van der Waals surface area contributed by atoms with Crippen LogP contribution in [0.1, 0.15) is 22.3 Å². The third-order valence-corrected chi connectivity index (χ3v) is 5.91. The summed E-state index contributed by atoms with van der Waals surface area (Å²) < 4.78 is 40.0. The minimum Gasteiger partial charge on any atom is -0.374 e. The number of fused-ring (bicyclic) bond motifs is 3. The maximum Gasteiger partial charge on any atom is 0.416 e. The molecular formula is C19H12F3N3O2S. The molecule has 3 heterocycles. The van der Waals surface area contributed by atoms with Gasteiger partial charge < -0.3 is 10.0 Å². The van der Waals surface area contributed by atoms with Crippen LogP contribution in [0.4, 0.5) is 24.5 Å². The summed E-state index contributed by atoms with van der Waals surface area (Å²) in [6, 6.07) is 8.39. The molecule has 9 heteroatoms. The van der Waals surface area contributed by atoms with Crippen LogP contribution in [0.3, 0.4) is 0 Å². The van der Waals surface area contributed by atoms with Gasteiger partial charge in [-0.2, -0.15) is 13.2 Å². The molecule has 1 fully saturated rings. The van der Waals surface area contributed by atoms with E-state index in [4.69, 9.17) is 0 Å². The number of hydrogen-bond acceptors (Lipinski definition) is 6. The Morgan fingerprint density at radius 2 is 2.00 bits per heavy atom. The molecule has 1 atom stereocenters. The Balaban J connectivity index is 1.63. The summed E-state index contributed by atoms with van der Waals surface area (Å²) in [7, 11) is 0. The Bertz CT molecular complexity index is 1170. The Morgan fingerprint density at radius 3 is 2.79 bits per heavy atom. The van der Waals surface area contributed by atoms with E-state index in [1.807, 2.05) is 18.2 Å². The van der Waals surface area contributed by atoms with E-state index in [-0.39, 0.29) is 23.5 Å². The van der Waals surface area contributed by atoms with E-state index >= 15 is 0 Å². The van der Waals surface area contributed by atoms with E-state index in [2.05, 4.69) is 9.98 Å². The number of hydrogen-bond donors (Lipinski definition) is 1. The average Bonchev–Trinajstić information content (AvgIpc) is 3.25. The maximum absolute atomic E-state index is 13.0. The Morgan fingerprint density at radius 1 is 1.18 bits per heavy atom. The van der Waals surface area contributed by atoms with Gasteiger partial charge in [0.05, 0.1) is 27.0 Å². The standard InChI is InChI=1S/C19H12F3N3O2S/c20-19(21,22)10-1-3-13-12(7-10)16(26)18(27)5-6-25(17(18)24-13)11-2-4-14-15(8-11)28-9-23-14/h1-4,7-9,27H,5-6H2. The van der Waals surface area contributed by atoms with Gasteiger partial charge in [-0.3, -0.25) is 4.79 Å². The molecule has 3 aromatic rings. The molecule has 5 rings (SSSR count). The number of aliphatic hydroxyl groups is 1. The largest absolute Gasteiger partial charge is 0.416 e. The number of aliphatic imine (C=N–C) groups is 1. The monoisotopic (exact) mass is 403 g/mol. The molecule has 0 radical (unpaired) electrons. The van der Waals surface area contributed by atoms with Crippen LogP contribution in [-0.2, 0) is 6.18 Å². The van der Waals surface area contributed by atoms with Crippen molar-refractivity contribution in [3.05, 3.63) is 53.0 Å². The number of carbonyl (C=O) groups is 1. The van der Waals surface area contributed by atoms with E-state index in [1.165, 1.54) is 17.4 Å². The molecule has 2 aliphatic heterocycles. The molecule has 1 unspecified atom stereocenters. The molecule has 142 valence electrons. The first-order valence-electron chi connectivity index (χ1n) is 8.46.